The van der Waals surface area contributed by atoms with Gasteiger partial charge in [-0.2, -0.15) is 5.10 Å². The largest absolute Gasteiger partial charge is 0.342 e. The second-order valence-corrected chi connectivity index (χ2v) is 6.83. The third-order valence-electron chi connectivity index (χ3n) is 4.73. The molecule has 2 N–H and O–H groups in total. The van der Waals surface area contributed by atoms with Crippen LogP contribution in [0, 0.1) is 0 Å². The average Bonchev–Trinajstić information content (AvgIpc) is 3.25. The maximum Gasteiger partial charge on any atom is 0.268 e. The summed E-state index contributed by atoms with van der Waals surface area (Å²) < 4.78 is 0. The van der Waals surface area contributed by atoms with Crippen LogP contribution < -0.4 is 15.6 Å². The molecule has 0 radical (unpaired) electrons. The summed E-state index contributed by atoms with van der Waals surface area (Å²) in [4.78, 5) is 28.7. The van der Waals surface area contributed by atoms with E-state index >= 15 is 0 Å². The van der Waals surface area contributed by atoms with Crippen molar-refractivity contribution in [3.8, 4) is 0 Å². The first kappa shape index (κ1) is 19.3. The maximum absolute atomic E-state index is 12.7. The number of rotatable bonds is 6. The van der Waals surface area contributed by atoms with E-state index in [4.69, 9.17) is 0 Å². The lowest BCUT2D eigenvalue weighted by Crippen LogP contribution is -2.36. The monoisotopic (exact) mass is 399 g/mol. The first-order valence-electron chi connectivity index (χ1n) is 9.65. The highest BCUT2D eigenvalue weighted by Crippen LogP contribution is 2.34. The first-order chi connectivity index (χ1) is 14.7. The zero-order valence-corrected chi connectivity index (χ0v) is 16.2. The number of carbonyl (C=O) groups is 2. The fourth-order valence-electron chi connectivity index (χ4n) is 3.31. The van der Waals surface area contributed by atoms with Crippen LogP contribution in [-0.2, 0) is 9.59 Å². The van der Waals surface area contributed by atoms with Crippen molar-refractivity contribution in [2.75, 3.05) is 16.9 Å². The minimum Gasteiger partial charge on any atom is -0.342 e. The second kappa shape index (κ2) is 9.00. The first-order valence-corrected chi connectivity index (χ1v) is 9.65. The van der Waals surface area contributed by atoms with Crippen molar-refractivity contribution in [3.63, 3.8) is 0 Å². The standard InChI is InChI=1S/C23H21N5O2/c29-22(26-18-10-7-13-24-15-18)16-25-23(30)20-14-21(17-8-3-1-4-9-17)28(27-20)19-11-5-2-6-12-19/h1-13,15,21H,14,16H2,(H,25,30)(H,26,29). The Bertz CT molecular complexity index is 1040. The van der Waals surface area contributed by atoms with Crippen LogP contribution in [0.3, 0.4) is 0 Å². The molecule has 3 aromatic rings. The SMILES string of the molecule is O=C(CNC(=O)C1=NN(c2ccccc2)C(c2ccccc2)C1)Nc1cccnc1. The number of hydrogen-bond acceptors (Lipinski definition) is 5. The number of nitrogens with one attached hydrogen (secondary N) is 2. The lowest BCUT2D eigenvalue weighted by atomic mass is 10.0. The molecule has 0 saturated heterocycles. The van der Waals surface area contributed by atoms with Crippen LogP contribution in [0.2, 0.25) is 0 Å². The fraction of sp³-hybridized carbons (Fsp3) is 0.130. The van der Waals surface area contributed by atoms with Crippen molar-refractivity contribution < 1.29 is 9.59 Å². The number of benzene rings is 2. The van der Waals surface area contributed by atoms with E-state index in [0.717, 1.165) is 11.3 Å². The second-order valence-electron chi connectivity index (χ2n) is 6.83. The summed E-state index contributed by atoms with van der Waals surface area (Å²) in [6, 6.07) is 23.1. The highest BCUT2D eigenvalue weighted by atomic mass is 16.2. The summed E-state index contributed by atoms with van der Waals surface area (Å²) in [5, 5.41) is 11.8. The van der Waals surface area contributed by atoms with Gasteiger partial charge in [-0.1, -0.05) is 48.5 Å². The van der Waals surface area contributed by atoms with Crippen molar-refractivity contribution in [3.05, 3.63) is 90.8 Å². The zero-order chi connectivity index (χ0) is 20.8. The molecule has 0 fully saturated rings. The molecule has 2 amide bonds. The van der Waals surface area contributed by atoms with Gasteiger partial charge in [0.2, 0.25) is 5.91 Å². The Morgan fingerprint density at radius 1 is 0.967 bits per heavy atom. The Hall–Kier alpha value is -4.00. The Morgan fingerprint density at radius 3 is 2.40 bits per heavy atom. The number of hydrazone groups is 1. The van der Waals surface area contributed by atoms with E-state index in [1.807, 2.05) is 65.7 Å². The quantitative estimate of drug-likeness (QED) is 0.667. The predicted molar refractivity (Wildman–Crippen MR) is 116 cm³/mol. The lowest BCUT2D eigenvalue weighted by Gasteiger charge is -2.23. The molecule has 1 aromatic heterocycles. The molecule has 0 saturated carbocycles. The van der Waals surface area contributed by atoms with Crippen molar-refractivity contribution >= 4 is 28.9 Å². The van der Waals surface area contributed by atoms with Crippen molar-refractivity contribution in [1.29, 1.82) is 0 Å². The van der Waals surface area contributed by atoms with Gasteiger partial charge in [0.1, 0.15) is 5.71 Å². The summed E-state index contributed by atoms with van der Waals surface area (Å²) in [5.74, 6) is -0.676. The summed E-state index contributed by atoms with van der Waals surface area (Å²) in [6.45, 7) is -0.145. The van der Waals surface area contributed by atoms with Gasteiger partial charge in [-0.15, -0.1) is 0 Å². The smallest absolute Gasteiger partial charge is 0.268 e. The molecule has 1 aliphatic rings. The van der Waals surface area contributed by atoms with E-state index in [2.05, 4.69) is 20.7 Å². The van der Waals surface area contributed by atoms with Gasteiger partial charge >= 0.3 is 0 Å². The third kappa shape index (κ3) is 4.52. The Balaban J connectivity index is 1.45. The number of carbonyl (C=O) groups excluding carboxylic acids is 2. The van der Waals surface area contributed by atoms with Crippen molar-refractivity contribution in [2.45, 2.75) is 12.5 Å². The van der Waals surface area contributed by atoms with Crippen molar-refractivity contribution in [2.24, 2.45) is 5.10 Å². The maximum atomic E-state index is 12.7. The van der Waals surface area contributed by atoms with Gasteiger partial charge in [-0.05, 0) is 29.8 Å². The van der Waals surface area contributed by atoms with Crippen molar-refractivity contribution in [1.82, 2.24) is 10.3 Å². The number of hydrogen-bond donors (Lipinski definition) is 2. The van der Waals surface area contributed by atoms with Crippen LogP contribution in [0.15, 0.2) is 90.3 Å². The van der Waals surface area contributed by atoms with Crippen LogP contribution in [0.4, 0.5) is 11.4 Å². The van der Waals surface area contributed by atoms with Crippen LogP contribution in [-0.4, -0.2) is 29.1 Å². The lowest BCUT2D eigenvalue weighted by molar-refractivity contribution is -0.120. The van der Waals surface area contributed by atoms with Gasteiger partial charge < -0.3 is 10.6 Å². The molecule has 0 aliphatic carbocycles. The molecule has 0 bridgehead atoms. The van der Waals surface area contributed by atoms with Crippen LogP contribution >= 0.6 is 0 Å². The highest BCUT2D eigenvalue weighted by molar-refractivity contribution is 6.40. The van der Waals surface area contributed by atoms with Crippen LogP contribution in [0.5, 0.6) is 0 Å². The number of para-hydroxylation sites is 1. The molecule has 7 nitrogen and oxygen atoms in total. The summed E-state index contributed by atoms with van der Waals surface area (Å²) in [5.41, 5.74) is 2.95. The molecule has 7 heteroatoms. The summed E-state index contributed by atoms with van der Waals surface area (Å²) in [7, 11) is 0. The number of aromatic nitrogens is 1. The van der Waals surface area contributed by atoms with Gasteiger partial charge in [0.05, 0.1) is 30.2 Å². The molecule has 1 unspecified atom stereocenters. The Labute approximate surface area is 174 Å². The molecular weight excluding hydrogens is 378 g/mol. The number of nitrogens with zero attached hydrogens (tertiary/aromatic N) is 3. The van der Waals surface area contributed by atoms with Gasteiger partial charge in [0.15, 0.2) is 0 Å². The van der Waals surface area contributed by atoms with Crippen LogP contribution in [0.25, 0.3) is 0 Å². The Kier molecular flexibility index (Phi) is 5.80. The normalized spacial score (nSPS) is 15.4. The molecule has 2 aromatic carbocycles. The van der Waals surface area contributed by atoms with E-state index in [1.54, 1.807) is 24.5 Å². The highest BCUT2D eigenvalue weighted by Gasteiger charge is 2.32. The van der Waals surface area contributed by atoms with Gasteiger partial charge in [0.25, 0.3) is 5.91 Å². The molecule has 150 valence electrons. The summed E-state index contributed by atoms with van der Waals surface area (Å²) >= 11 is 0. The Morgan fingerprint density at radius 2 is 1.70 bits per heavy atom. The average molecular weight is 399 g/mol. The fourth-order valence-corrected chi connectivity index (χ4v) is 3.31. The molecule has 4 rings (SSSR count). The number of amides is 2. The molecule has 2 heterocycles. The van der Waals surface area contributed by atoms with Gasteiger partial charge in [0, 0.05) is 12.6 Å². The molecule has 1 aliphatic heterocycles. The van der Waals surface area contributed by atoms with E-state index in [9.17, 15) is 9.59 Å². The molecule has 30 heavy (non-hydrogen) atoms. The van der Waals surface area contributed by atoms with Gasteiger partial charge in [-0.25, -0.2) is 0 Å². The predicted octanol–water partition coefficient (Wildman–Crippen LogP) is 3.14. The minimum atomic E-state index is -0.351. The van der Waals surface area contributed by atoms with Gasteiger partial charge in [-0.3, -0.25) is 19.6 Å². The van der Waals surface area contributed by atoms with E-state index in [1.165, 1.54) is 0 Å². The minimum absolute atomic E-state index is 0.0847. The van der Waals surface area contributed by atoms with Crippen LogP contribution in [0.1, 0.15) is 18.0 Å². The molecule has 1 atom stereocenters. The number of pyridine rings is 1. The van der Waals surface area contributed by atoms with E-state index in [-0.39, 0.29) is 24.4 Å². The molecule has 0 spiro atoms. The van der Waals surface area contributed by atoms with E-state index in [0.29, 0.717) is 17.8 Å². The molecular formula is C23H21N5O2. The van der Waals surface area contributed by atoms with E-state index < -0.39 is 0 Å². The third-order valence-corrected chi connectivity index (χ3v) is 4.73. The topological polar surface area (TPSA) is 86.7 Å². The zero-order valence-electron chi connectivity index (χ0n) is 16.2. The summed E-state index contributed by atoms with van der Waals surface area (Å²) in [6.07, 6.45) is 3.62. The number of anilines is 2.